The molecule has 0 saturated carbocycles. The third-order valence-corrected chi connectivity index (χ3v) is 2.26. The lowest BCUT2D eigenvalue weighted by Gasteiger charge is -2.08. The Morgan fingerprint density at radius 2 is 2.07 bits per heavy atom. The van der Waals surface area contributed by atoms with Crippen LogP contribution in [-0.2, 0) is 0 Å². The highest BCUT2D eigenvalue weighted by atomic mass is 35.5. The van der Waals surface area contributed by atoms with E-state index >= 15 is 0 Å². The van der Waals surface area contributed by atoms with Crippen LogP contribution >= 0.6 is 12.4 Å². The first-order valence-electron chi connectivity index (χ1n) is 4.34. The van der Waals surface area contributed by atoms with Crippen LogP contribution in [0.5, 0.6) is 0 Å². The maximum atomic E-state index is 5.82. The van der Waals surface area contributed by atoms with Gasteiger partial charge in [0.15, 0.2) is 0 Å². The van der Waals surface area contributed by atoms with E-state index in [0.717, 1.165) is 11.1 Å². The van der Waals surface area contributed by atoms with Gasteiger partial charge in [0, 0.05) is 24.3 Å². The Morgan fingerprint density at radius 3 is 2.79 bits per heavy atom. The largest absolute Gasteiger partial charge is 0.361 e. The molecule has 0 radical (unpaired) electrons. The van der Waals surface area contributed by atoms with E-state index in [4.69, 9.17) is 11.5 Å². The quantitative estimate of drug-likeness (QED) is 0.706. The summed E-state index contributed by atoms with van der Waals surface area (Å²) in [6.07, 6.45) is 1.92. The Hall–Kier alpha value is -1.03. The fourth-order valence-corrected chi connectivity index (χ4v) is 1.44. The van der Waals surface area contributed by atoms with Crippen molar-refractivity contribution in [1.82, 2.24) is 4.98 Å². The van der Waals surface area contributed by atoms with Gasteiger partial charge in [0.2, 0.25) is 0 Å². The maximum Gasteiger partial charge on any atom is 0.0454 e. The second-order valence-electron chi connectivity index (χ2n) is 3.17. The van der Waals surface area contributed by atoms with Gasteiger partial charge in [-0.25, -0.2) is 0 Å². The molecule has 5 N–H and O–H groups in total. The summed E-state index contributed by atoms with van der Waals surface area (Å²) in [6, 6.07) is 8.08. The van der Waals surface area contributed by atoms with Gasteiger partial charge in [-0.2, -0.15) is 0 Å². The molecule has 0 unspecified atom stereocenters. The van der Waals surface area contributed by atoms with Crippen LogP contribution in [0.4, 0.5) is 0 Å². The summed E-state index contributed by atoms with van der Waals surface area (Å²) in [7, 11) is 0. The standard InChI is InChI=1S/C10H13N3.ClH/c11-6-9(12)7-1-2-10-8(5-7)3-4-13-10;/h1-5,9,13H,6,11-12H2;1H/t9-;/m1./s1. The Bertz CT molecular complexity index is 410. The van der Waals surface area contributed by atoms with Crippen LogP contribution in [0.2, 0.25) is 0 Å². The monoisotopic (exact) mass is 211 g/mol. The van der Waals surface area contributed by atoms with Gasteiger partial charge >= 0.3 is 0 Å². The van der Waals surface area contributed by atoms with Gasteiger partial charge in [-0.1, -0.05) is 6.07 Å². The highest BCUT2D eigenvalue weighted by Crippen LogP contribution is 2.17. The Kier molecular flexibility index (Phi) is 3.52. The third kappa shape index (κ3) is 1.90. The molecule has 3 nitrogen and oxygen atoms in total. The molecule has 14 heavy (non-hydrogen) atoms. The number of hydrogen-bond donors (Lipinski definition) is 3. The summed E-state index contributed by atoms with van der Waals surface area (Å²) in [4.78, 5) is 3.13. The number of aromatic nitrogens is 1. The molecule has 4 heteroatoms. The molecule has 0 saturated heterocycles. The molecular weight excluding hydrogens is 198 g/mol. The molecule has 0 spiro atoms. The normalized spacial score (nSPS) is 12.4. The van der Waals surface area contributed by atoms with Gasteiger partial charge < -0.3 is 16.5 Å². The molecule has 1 aromatic carbocycles. The number of fused-ring (bicyclic) bond motifs is 1. The minimum absolute atomic E-state index is 0. The number of rotatable bonds is 2. The van der Waals surface area contributed by atoms with Crippen molar-refractivity contribution in [3.05, 3.63) is 36.0 Å². The molecule has 2 aromatic rings. The first kappa shape index (κ1) is 11.0. The molecule has 0 aliphatic carbocycles. The molecule has 0 bridgehead atoms. The van der Waals surface area contributed by atoms with Crippen molar-refractivity contribution in [2.24, 2.45) is 11.5 Å². The molecule has 1 atom stereocenters. The van der Waals surface area contributed by atoms with E-state index in [1.807, 2.05) is 24.4 Å². The summed E-state index contributed by atoms with van der Waals surface area (Å²) in [5, 5.41) is 1.18. The highest BCUT2D eigenvalue weighted by molar-refractivity contribution is 5.85. The smallest absolute Gasteiger partial charge is 0.0454 e. The second-order valence-corrected chi connectivity index (χ2v) is 3.17. The SMILES string of the molecule is Cl.NC[C@@H](N)c1ccc2[nH]ccc2c1. The molecule has 0 aliphatic heterocycles. The summed E-state index contributed by atoms with van der Waals surface area (Å²) >= 11 is 0. The lowest BCUT2D eigenvalue weighted by molar-refractivity contribution is 0.738. The van der Waals surface area contributed by atoms with Crippen LogP contribution in [0.3, 0.4) is 0 Å². The van der Waals surface area contributed by atoms with Crippen LogP contribution in [-0.4, -0.2) is 11.5 Å². The van der Waals surface area contributed by atoms with Gasteiger partial charge in [0.25, 0.3) is 0 Å². The van der Waals surface area contributed by atoms with Gasteiger partial charge in [0.1, 0.15) is 0 Å². The van der Waals surface area contributed by atoms with Crippen LogP contribution in [0.1, 0.15) is 11.6 Å². The summed E-state index contributed by atoms with van der Waals surface area (Å²) < 4.78 is 0. The molecule has 0 aliphatic rings. The van der Waals surface area contributed by atoms with Crippen molar-refractivity contribution < 1.29 is 0 Å². The average molecular weight is 212 g/mol. The van der Waals surface area contributed by atoms with E-state index < -0.39 is 0 Å². The Morgan fingerprint density at radius 1 is 1.29 bits per heavy atom. The zero-order valence-corrected chi connectivity index (χ0v) is 8.55. The number of aromatic amines is 1. The summed E-state index contributed by atoms with van der Waals surface area (Å²) in [6.45, 7) is 0.482. The molecule has 0 fully saturated rings. The fraction of sp³-hybridized carbons (Fsp3) is 0.200. The first-order chi connectivity index (χ1) is 6.31. The Labute approximate surface area is 88.9 Å². The van der Waals surface area contributed by atoms with Crippen molar-refractivity contribution in [3.63, 3.8) is 0 Å². The minimum Gasteiger partial charge on any atom is -0.361 e. The van der Waals surface area contributed by atoms with Gasteiger partial charge in [0.05, 0.1) is 0 Å². The van der Waals surface area contributed by atoms with Crippen molar-refractivity contribution in [2.75, 3.05) is 6.54 Å². The number of hydrogen-bond acceptors (Lipinski definition) is 2. The highest BCUT2D eigenvalue weighted by Gasteiger charge is 2.03. The second kappa shape index (κ2) is 4.46. The van der Waals surface area contributed by atoms with E-state index in [2.05, 4.69) is 11.1 Å². The molecule has 1 aromatic heterocycles. The zero-order chi connectivity index (χ0) is 9.26. The van der Waals surface area contributed by atoms with E-state index in [1.54, 1.807) is 0 Å². The van der Waals surface area contributed by atoms with Crippen molar-refractivity contribution in [3.8, 4) is 0 Å². The van der Waals surface area contributed by atoms with E-state index in [9.17, 15) is 0 Å². The zero-order valence-electron chi connectivity index (χ0n) is 7.73. The van der Waals surface area contributed by atoms with Crippen LogP contribution in [0.15, 0.2) is 30.5 Å². The van der Waals surface area contributed by atoms with Crippen molar-refractivity contribution >= 4 is 23.3 Å². The summed E-state index contributed by atoms with van der Waals surface area (Å²) in [5.41, 5.74) is 13.5. The van der Waals surface area contributed by atoms with E-state index in [1.165, 1.54) is 5.39 Å². The molecule has 2 rings (SSSR count). The topological polar surface area (TPSA) is 67.8 Å². The predicted octanol–water partition coefficient (Wildman–Crippen LogP) is 1.55. The van der Waals surface area contributed by atoms with E-state index in [-0.39, 0.29) is 18.4 Å². The first-order valence-corrected chi connectivity index (χ1v) is 4.34. The van der Waals surface area contributed by atoms with E-state index in [0.29, 0.717) is 6.54 Å². The lowest BCUT2D eigenvalue weighted by atomic mass is 10.1. The number of nitrogens with two attached hydrogens (primary N) is 2. The molecular formula is C10H14ClN3. The summed E-state index contributed by atoms with van der Waals surface area (Å²) in [5.74, 6) is 0. The van der Waals surface area contributed by atoms with Gasteiger partial charge in [-0.15, -0.1) is 12.4 Å². The van der Waals surface area contributed by atoms with Gasteiger partial charge in [-0.3, -0.25) is 0 Å². The average Bonchev–Trinajstić information content (AvgIpc) is 2.63. The van der Waals surface area contributed by atoms with Crippen molar-refractivity contribution in [2.45, 2.75) is 6.04 Å². The van der Waals surface area contributed by atoms with Gasteiger partial charge in [-0.05, 0) is 29.1 Å². The number of halogens is 1. The fourth-order valence-electron chi connectivity index (χ4n) is 1.44. The number of H-pyrrole nitrogens is 1. The lowest BCUT2D eigenvalue weighted by Crippen LogP contribution is -2.20. The molecule has 0 amide bonds. The van der Waals surface area contributed by atoms with Crippen LogP contribution in [0, 0.1) is 0 Å². The number of benzene rings is 1. The molecule has 1 heterocycles. The van der Waals surface area contributed by atoms with Crippen LogP contribution < -0.4 is 11.5 Å². The number of nitrogens with one attached hydrogen (secondary N) is 1. The third-order valence-electron chi connectivity index (χ3n) is 2.26. The molecule has 76 valence electrons. The maximum absolute atomic E-state index is 5.82. The van der Waals surface area contributed by atoms with Crippen LogP contribution in [0.25, 0.3) is 10.9 Å². The Balaban J connectivity index is 0.000000980. The van der Waals surface area contributed by atoms with Crippen molar-refractivity contribution in [1.29, 1.82) is 0 Å². The minimum atomic E-state index is -0.0562. The predicted molar refractivity (Wildman–Crippen MR) is 61.5 cm³/mol.